The van der Waals surface area contributed by atoms with Gasteiger partial charge >= 0.3 is 5.97 Å². The predicted octanol–water partition coefficient (Wildman–Crippen LogP) is 3.56. The van der Waals surface area contributed by atoms with Crippen LogP contribution in [0.2, 0.25) is 0 Å². The van der Waals surface area contributed by atoms with Crippen LogP contribution in [-0.4, -0.2) is 15.8 Å². The van der Waals surface area contributed by atoms with Crippen molar-refractivity contribution in [3.05, 3.63) is 35.1 Å². The third-order valence-electron chi connectivity index (χ3n) is 1.94. The average molecular weight is 242 g/mol. The first kappa shape index (κ1) is 13.0. The number of carbonyl (C=O) groups is 1. The molecule has 0 saturated heterocycles. The molecule has 4 heteroatoms. The number of halogens is 1. The van der Waals surface area contributed by atoms with Crippen LogP contribution in [0.5, 0.6) is 0 Å². The third-order valence-corrected chi connectivity index (χ3v) is 3.28. The molecule has 16 heavy (non-hydrogen) atoms. The van der Waals surface area contributed by atoms with E-state index in [1.807, 2.05) is 0 Å². The second-order valence-electron chi connectivity index (χ2n) is 4.52. The molecule has 0 aliphatic rings. The molecule has 0 atom stereocenters. The van der Waals surface area contributed by atoms with Crippen LogP contribution in [0.4, 0.5) is 4.39 Å². The summed E-state index contributed by atoms with van der Waals surface area (Å²) in [5, 5.41) is 8.67. The Balaban J connectivity index is 2.78. The number of hydrogen-bond acceptors (Lipinski definition) is 2. The van der Waals surface area contributed by atoms with Gasteiger partial charge in [0, 0.05) is 10.5 Å². The van der Waals surface area contributed by atoms with Gasteiger partial charge in [0.1, 0.15) is 5.82 Å². The molecule has 0 spiro atoms. The highest BCUT2D eigenvalue weighted by atomic mass is 32.2. The molecule has 1 aromatic carbocycles. The highest BCUT2D eigenvalue weighted by Crippen LogP contribution is 2.27. The molecule has 2 nitrogen and oxygen atoms in total. The highest BCUT2D eigenvalue weighted by Gasteiger charge is 2.13. The minimum absolute atomic E-state index is 0.113. The highest BCUT2D eigenvalue weighted by molar-refractivity contribution is 7.99. The lowest BCUT2D eigenvalue weighted by Gasteiger charge is -2.17. The summed E-state index contributed by atoms with van der Waals surface area (Å²) in [5.74, 6) is -1.22. The van der Waals surface area contributed by atoms with Gasteiger partial charge in [-0.05, 0) is 17.7 Å². The molecule has 1 N–H and O–H groups in total. The summed E-state index contributed by atoms with van der Waals surface area (Å²) in [4.78, 5) is 10.6. The fourth-order valence-electron chi connectivity index (χ4n) is 1.12. The van der Waals surface area contributed by atoms with E-state index in [2.05, 4.69) is 20.8 Å². The zero-order chi connectivity index (χ0) is 12.3. The lowest BCUT2D eigenvalue weighted by Crippen LogP contribution is -2.08. The Labute approximate surface area is 98.9 Å². The van der Waals surface area contributed by atoms with Gasteiger partial charge in [0.15, 0.2) is 0 Å². The first-order chi connectivity index (χ1) is 7.29. The minimum atomic E-state index is -1.23. The van der Waals surface area contributed by atoms with E-state index >= 15 is 0 Å². The molecule has 0 bridgehead atoms. The van der Waals surface area contributed by atoms with Crippen LogP contribution in [0.3, 0.4) is 0 Å². The summed E-state index contributed by atoms with van der Waals surface area (Å²) < 4.78 is 13.4. The van der Waals surface area contributed by atoms with E-state index in [1.165, 1.54) is 12.1 Å². The number of hydrogen-bond donors (Lipinski definition) is 1. The monoisotopic (exact) mass is 242 g/mol. The standard InChI is InChI=1S/C12H15FO2S/c1-12(2,3)16-7-8-4-5-9(11(14)15)10(13)6-8/h4-6H,7H2,1-3H3,(H,14,15). The van der Waals surface area contributed by atoms with Crippen molar-refractivity contribution in [2.45, 2.75) is 31.3 Å². The summed E-state index contributed by atoms with van der Waals surface area (Å²) >= 11 is 1.70. The summed E-state index contributed by atoms with van der Waals surface area (Å²) in [6, 6.07) is 4.27. The van der Waals surface area contributed by atoms with Gasteiger partial charge in [-0.15, -0.1) is 0 Å². The molecule has 0 aliphatic heterocycles. The topological polar surface area (TPSA) is 37.3 Å². The first-order valence-corrected chi connectivity index (χ1v) is 5.94. The molecular formula is C12H15FO2S. The van der Waals surface area contributed by atoms with Crippen molar-refractivity contribution in [1.29, 1.82) is 0 Å². The maximum atomic E-state index is 13.3. The second-order valence-corrected chi connectivity index (χ2v) is 6.32. The Morgan fingerprint density at radius 1 is 1.44 bits per heavy atom. The maximum Gasteiger partial charge on any atom is 0.338 e. The molecule has 88 valence electrons. The summed E-state index contributed by atoms with van der Waals surface area (Å²) in [7, 11) is 0. The largest absolute Gasteiger partial charge is 0.478 e. The normalized spacial score (nSPS) is 11.5. The Bertz CT molecular complexity index is 396. The average Bonchev–Trinajstić information content (AvgIpc) is 2.13. The molecule has 0 unspecified atom stereocenters. The minimum Gasteiger partial charge on any atom is -0.478 e. The van der Waals surface area contributed by atoms with Gasteiger partial charge in [-0.2, -0.15) is 11.8 Å². The number of rotatable bonds is 3. The molecule has 0 radical (unpaired) electrons. The van der Waals surface area contributed by atoms with Crippen LogP contribution < -0.4 is 0 Å². The van der Waals surface area contributed by atoms with Crippen molar-refractivity contribution >= 4 is 17.7 Å². The van der Waals surface area contributed by atoms with E-state index in [0.29, 0.717) is 5.75 Å². The van der Waals surface area contributed by atoms with Crippen LogP contribution in [0.25, 0.3) is 0 Å². The van der Waals surface area contributed by atoms with Gasteiger partial charge in [0.05, 0.1) is 5.56 Å². The lowest BCUT2D eigenvalue weighted by atomic mass is 10.1. The fourth-order valence-corrected chi connectivity index (χ4v) is 1.90. The fraction of sp³-hybridized carbons (Fsp3) is 0.417. The molecule has 0 fully saturated rings. The van der Waals surface area contributed by atoms with E-state index in [-0.39, 0.29) is 10.3 Å². The Morgan fingerprint density at radius 2 is 2.06 bits per heavy atom. The van der Waals surface area contributed by atoms with Crippen molar-refractivity contribution in [3.8, 4) is 0 Å². The molecule has 0 heterocycles. The molecule has 0 saturated carbocycles. The molecular weight excluding hydrogens is 227 g/mol. The number of carboxylic acids is 1. The Kier molecular flexibility index (Phi) is 3.97. The van der Waals surface area contributed by atoms with Crippen molar-refractivity contribution in [3.63, 3.8) is 0 Å². The van der Waals surface area contributed by atoms with Gasteiger partial charge < -0.3 is 5.11 Å². The van der Waals surface area contributed by atoms with E-state index in [4.69, 9.17) is 5.11 Å². The van der Waals surface area contributed by atoms with E-state index in [0.717, 1.165) is 5.56 Å². The van der Waals surface area contributed by atoms with Crippen molar-refractivity contribution < 1.29 is 14.3 Å². The van der Waals surface area contributed by atoms with Crippen molar-refractivity contribution in [2.75, 3.05) is 0 Å². The van der Waals surface area contributed by atoms with Crippen LogP contribution in [0, 0.1) is 5.82 Å². The van der Waals surface area contributed by atoms with Gasteiger partial charge in [0.2, 0.25) is 0 Å². The molecule has 1 rings (SSSR count). The summed E-state index contributed by atoms with van der Waals surface area (Å²) in [5.41, 5.74) is 0.534. The molecule has 1 aromatic rings. The zero-order valence-electron chi connectivity index (χ0n) is 9.58. The van der Waals surface area contributed by atoms with Crippen molar-refractivity contribution in [1.82, 2.24) is 0 Å². The SMILES string of the molecule is CC(C)(C)SCc1ccc(C(=O)O)c(F)c1. The quantitative estimate of drug-likeness (QED) is 0.880. The van der Waals surface area contributed by atoms with Crippen LogP contribution >= 0.6 is 11.8 Å². The maximum absolute atomic E-state index is 13.3. The molecule has 0 amide bonds. The molecule has 0 aromatic heterocycles. The van der Waals surface area contributed by atoms with Crippen LogP contribution in [0.15, 0.2) is 18.2 Å². The van der Waals surface area contributed by atoms with Crippen LogP contribution in [0.1, 0.15) is 36.7 Å². The van der Waals surface area contributed by atoms with E-state index in [1.54, 1.807) is 17.8 Å². The number of carboxylic acid groups (broad SMARTS) is 1. The third kappa shape index (κ3) is 3.85. The predicted molar refractivity (Wildman–Crippen MR) is 64.4 cm³/mol. The smallest absolute Gasteiger partial charge is 0.338 e. The lowest BCUT2D eigenvalue weighted by molar-refractivity contribution is 0.0692. The van der Waals surface area contributed by atoms with Gasteiger partial charge in [-0.1, -0.05) is 26.8 Å². The number of benzene rings is 1. The summed E-state index contributed by atoms with van der Waals surface area (Å²) in [6.45, 7) is 6.25. The molecule has 0 aliphatic carbocycles. The zero-order valence-corrected chi connectivity index (χ0v) is 10.4. The van der Waals surface area contributed by atoms with E-state index < -0.39 is 11.8 Å². The van der Waals surface area contributed by atoms with Gasteiger partial charge in [0.25, 0.3) is 0 Å². The van der Waals surface area contributed by atoms with Crippen molar-refractivity contribution in [2.24, 2.45) is 0 Å². The van der Waals surface area contributed by atoms with Gasteiger partial charge in [-0.25, -0.2) is 9.18 Å². The second kappa shape index (κ2) is 4.87. The Hall–Kier alpha value is -1.03. The van der Waals surface area contributed by atoms with E-state index in [9.17, 15) is 9.18 Å². The number of thioether (sulfide) groups is 1. The van der Waals surface area contributed by atoms with Crippen LogP contribution in [-0.2, 0) is 5.75 Å². The Morgan fingerprint density at radius 3 is 2.50 bits per heavy atom. The summed E-state index contributed by atoms with van der Waals surface area (Å²) in [6.07, 6.45) is 0. The first-order valence-electron chi connectivity index (χ1n) is 4.95. The number of aromatic carboxylic acids is 1. The van der Waals surface area contributed by atoms with Gasteiger partial charge in [-0.3, -0.25) is 0 Å².